The summed E-state index contributed by atoms with van der Waals surface area (Å²) in [5.41, 5.74) is 1.73. The Morgan fingerprint density at radius 2 is 2.43 bits per heavy atom. The number of rotatable bonds is 2. The molecule has 1 atom stereocenters. The highest BCUT2D eigenvalue weighted by Crippen LogP contribution is 2.49. The fourth-order valence-corrected chi connectivity index (χ4v) is 3.16. The monoisotopic (exact) mass is 208 g/mol. The van der Waals surface area contributed by atoms with Crippen LogP contribution in [0.15, 0.2) is 5.38 Å². The van der Waals surface area contributed by atoms with Gasteiger partial charge in [0.1, 0.15) is 0 Å². The lowest BCUT2D eigenvalue weighted by atomic mass is 10.1. The molecule has 0 unspecified atom stereocenters. The molecule has 0 radical (unpaired) electrons. The van der Waals surface area contributed by atoms with Crippen molar-refractivity contribution in [3.05, 3.63) is 16.1 Å². The first-order chi connectivity index (χ1) is 6.78. The zero-order valence-electron chi connectivity index (χ0n) is 8.55. The molecule has 1 aromatic heterocycles. The Morgan fingerprint density at radius 3 is 3.07 bits per heavy atom. The molecule has 1 aliphatic carbocycles. The normalized spacial score (nSPS) is 29.4. The third-order valence-electron chi connectivity index (χ3n) is 3.46. The minimum atomic E-state index is 0.446. The molecular weight excluding hydrogens is 192 g/mol. The van der Waals surface area contributed by atoms with E-state index in [0.717, 1.165) is 6.54 Å². The molecule has 1 aliphatic heterocycles. The Bertz CT molecular complexity index is 335. The molecule has 1 saturated heterocycles. The van der Waals surface area contributed by atoms with E-state index in [9.17, 15) is 0 Å². The van der Waals surface area contributed by atoms with E-state index < -0.39 is 0 Å². The van der Waals surface area contributed by atoms with Gasteiger partial charge < -0.3 is 5.32 Å². The van der Waals surface area contributed by atoms with Crippen molar-refractivity contribution in [2.24, 2.45) is 0 Å². The van der Waals surface area contributed by atoms with Crippen LogP contribution in [0.3, 0.4) is 0 Å². The first kappa shape index (κ1) is 8.86. The van der Waals surface area contributed by atoms with E-state index in [2.05, 4.69) is 17.6 Å². The fraction of sp³-hybridized carbons (Fsp3) is 0.727. The van der Waals surface area contributed by atoms with Gasteiger partial charge in [0.05, 0.1) is 16.7 Å². The summed E-state index contributed by atoms with van der Waals surface area (Å²) in [6.07, 6.45) is 5.23. The predicted molar refractivity (Wildman–Crippen MR) is 58.7 cm³/mol. The summed E-state index contributed by atoms with van der Waals surface area (Å²) in [6, 6.07) is 0.544. The standard InChI is InChI=1S/C11H16N2S/c1-11(4-5-11)10-13-9(7-14-10)8-3-2-6-12-8/h7-8,12H,2-6H2,1H3/t8-/m1/s1. The van der Waals surface area contributed by atoms with E-state index in [1.165, 1.54) is 36.4 Å². The van der Waals surface area contributed by atoms with E-state index in [0.29, 0.717) is 11.5 Å². The lowest BCUT2D eigenvalue weighted by Gasteiger charge is -2.06. The van der Waals surface area contributed by atoms with Crippen LogP contribution >= 0.6 is 11.3 Å². The molecule has 14 heavy (non-hydrogen) atoms. The lowest BCUT2D eigenvalue weighted by Crippen LogP contribution is -2.13. The average molecular weight is 208 g/mol. The van der Waals surface area contributed by atoms with Crippen molar-refractivity contribution in [2.45, 2.75) is 44.1 Å². The van der Waals surface area contributed by atoms with Gasteiger partial charge in [0.2, 0.25) is 0 Å². The van der Waals surface area contributed by atoms with Gasteiger partial charge in [-0.15, -0.1) is 11.3 Å². The van der Waals surface area contributed by atoms with Gasteiger partial charge >= 0.3 is 0 Å². The Hall–Kier alpha value is -0.410. The first-order valence-corrected chi connectivity index (χ1v) is 6.35. The van der Waals surface area contributed by atoms with Crippen molar-refractivity contribution in [3.63, 3.8) is 0 Å². The number of hydrogen-bond acceptors (Lipinski definition) is 3. The molecule has 0 aromatic carbocycles. The Balaban J connectivity index is 1.82. The molecule has 76 valence electrons. The molecular formula is C11H16N2S. The highest BCUT2D eigenvalue weighted by Gasteiger charge is 2.42. The largest absolute Gasteiger partial charge is 0.309 e. The van der Waals surface area contributed by atoms with Crippen molar-refractivity contribution in [3.8, 4) is 0 Å². The zero-order chi connectivity index (χ0) is 9.60. The quantitative estimate of drug-likeness (QED) is 0.808. The van der Waals surface area contributed by atoms with Crippen molar-refractivity contribution < 1.29 is 0 Å². The maximum absolute atomic E-state index is 4.78. The van der Waals surface area contributed by atoms with Crippen molar-refractivity contribution >= 4 is 11.3 Å². The van der Waals surface area contributed by atoms with E-state index in [1.54, 1.807) is 0 Å². The lowest BCUT2D eigenvalue weighted by molar-refractivity contribution is 0.624. The molecule has 2 aliphatic rings. The molecule has 0 spiro atoms. The first-order valence-electron chi connectivity index (χ1n) is 5.47. The second-order valence-electron chi connectivity index (χ2n) is 4.79. The highest BCUT2D eigenvalue weighted by molar-refractivity contribution is 7.09. The van der Waals surface area contributed by atoms with Gasteiger partial charge in [-0.25, -0.2) is 4.98 Å². The molecule has 3 heteroatoms. The van der Waals surface area contributed by atoms with Crippen LogP contribution in [0.4, 0.5) is 0 Å². The number of thiazole rings is 1. The topological polar surface area (TPSA) is 24.9 Å². The molecule has 0 bridgehead atoms. The summed E-state index contributed by atoms with van der Waals surface area (Å²) in [5, 5.41) is 7.12. The molecule has 1 aromatic rings. The Kier molecular flexibility index (Phi) is 1.92. The minimum absolute atomic E-state index is 0.446. The molecule has 2 heterocycles. The number of hydrogen-bond donors (Lipinski definition) is 1. The van der Waals surface area contributed by atoms with Gasteiger partial charge in [-0.05, 0) is 32.2 Å². The number of aromatic nitrogens is 1. The summed E-state index contributed by atoms with van der Waals surface area (Å²) in [4.78, 5) is 4.78. The minimum Gasteiger partial charge on any atom is -0.309 e. The molecule has 3 rings (SSSR count). The van der Waals surface area contributed by atoms with E-state index in [4.69, 9.17) is 4.98 Å². The van der Waals surface area contributed by atoms with Crippen molar-refractivity contribution in [1.82, 2.24) is 10.3 Å². The van der Waals surface area contributed by atoms with Gasteiger partial charge in [-0.1, -0.05) is 6.92 Å². The van der Waals surface area contributed by atoms with Crippen LogP contribution in [-0.4, -0.2) is 11.5 Å². The van der Waals surface area contributed by atoms with Gasteiger partial charge in [0.25, 0.3) is 0 Å². The summed E-state index contributed by atoms with van der Waals surface area (Å²) >= 11 is 1.85. The molecule has 0 amide bonds. The third-order valence-corrected chi connectivity index (χ3v) is 4.62. The maximum Gasteiger partial charge on any atom is 0.0988 e. The summed E-state index contributed by atoms with van der Waals surface area (Å²) in [6.45, 7) is 3.49. The van der Waals surface area contributed by atoms with E-state index >= 15 is 0 Å². The van der Waals surface area contributed by atoms with E-state index in [-0.39, 0.29) is 0 Å². The molecule has 2 nitrogen and oxygen atoms in total. The molecule has 1 N–H and O–H groups in total. The summed E-state index contributed by atoms with van der Waals surface area (Å²) < 4.78 is 0. The van der Waals surface area contributed by atoms with Crippen molar-refractivity contribution in [1.29, 1.82) is 0 Å². The smallest absolute Gasteiger partial charge is 0.0988 e. The van der Waals surface area contributed by atoms with Crippen LogP contribution in [0.1, 0.15) is 49.4 Å². The van der Waals surface area contributed by atoms with Crippen molar-refractivity contribution in [2.75, 3.05) is 6.54 Å². The molecule has 2 fully saturated rings. The maximum atomic E-state index is 4.78. The summed E-state index contributed by atoms with van der Waals surface area (Å²) in [5.74, 6) is 0. The van der Waals surface area contributed by atoms with Crippen LogP contribution < -0.4 is 5.32 Å². The van der Waals surface area contributed by atoms with Crippen LogP contribution in [-0.2, 0) is 5.41 Å². The number of nitrogens with zero attached hydrogens (tertiary/aromatic N) is 1. The van der Waals surface area contributed by atoms with Crippen LogP contribution in [0.5, 0.6) is 0 Å². The Labute approximate surface area is 88.7 Å². The molecule has 1 saturated carbocycles. The SMILES string of the molecule is CC1(c2nc([C@H]3CCCN3)cs2)CC1. The van der Waals surface area contributed by atoms with Gasteiger partial charge in [-0.2, -0.15) is 0 Å². The number of nitrogens with one attached hydrogen (secondary N) is 1. The van der Waals surface area contributed by atoms with Crippen LogP contribution in [0, 0.1) is 0 Å². The second-order valence-corrected chi connectivity index (χ2v) is 5.65. The van der Waals surface area contributed by atoms with Gasteiger partial charge in [0, 0.05) is 10.8 Å². The highest BCUT2D eigenvalue weighted by atomic mass is 32.1. The predicted octanol–water partition coefficient (Wildman–Crippen LogP) is 2.62. The zero-order valence-corrected chi connectivity index (χ0v) is 9.36. The fourth-order valence-electron chi connectivity index (χ4n) is 2.06. The van der Waals surface area contributed by atoms with Gasteiger partial charge in [-0.3, -0.25) is 0 Å². The summed E-state index contributed by atoms with van der Waals surface area (Å²) in [7, 11) is 0. The van der Waals surface area contributed by atoms with Gasteiger partial charge in [0.15, 0.2) is 0 Å². The Morgan fingerprint density at radius 1 is 1.57 bits per heavy atom. The average Bonchev–Trinajstić information content (AvgIpc) is 2.73. The van der Waals surface area contributed by atoms with Crippen LogP contribution in [0.25, 0.3) is 0 Å². The second kappa shape index (κ2) is 3.04. The third kappa shape index (κ3) is 1.39. The van der Waals surface area contributed by atoms with Crippen LogP contribution in [0.2, 0.25) is 0 Å². The van der Waals surface area contributed by atoms with E-state index in [1.807, 2.05) is 11.3 Å².